The minimum absolute atomic E-state index is 0. The van der Waals surface area contributed by atoms with Gasteiger partial charge < -0.3 is 0 Å². The van der Waals surface area contributed by atoms with Crippen LogP contribution in [0.4, 0.5) is 0 Å². The molecule has 0 aromatic carbocycles. The van der Waals surface area contributed by atoms with Crippen molar-refractivity contribution in [2.45, 2.75) is 0 Å². The summed E-state index contributed by atoms with van der Waals surface area (Å²) in [5, 5.41) is 0. The van der Waals surface area contributed by atoms with Crippen LogP contribution in [0.5, 0.6) is 0 Å². The minimum atomic E-state index is -0.375. The number of rotatable bonds is 0. The topological polar surface area (TPSA) is 40.5 Å². The van der Waals surface area contributed by atoms with Gasteiger partial charge in [0, 0.05) is 33.8 Å². The Morgan fingerprint density at radius 3 is 1.20 bits per heavy atom. The van der Waals surface area contributed by atoms with Crippen molar-refractivity contribution in [3.05, 3.63) is 0 Å². The summed E-state index contributed by atoms with van der Waals surface area (Å²) in [6, 6.07) is 0. The first-order valence-corrected chi connectivity index (χ1v) is 1.17. The van der Waals surface area contributed by atoms with Gasteiger partial charge in [-0.05, 0) is 0 Å². The van der Waals surface area contributed by atoms with E-state index in [0.717, 1.165) is 0 Å². The molecule has 0 saturated carbocycles. The first kappa shape index (κ1) is 16.1. The molecule has 5 heteroatoms. The average Bonchev–Trinajstić information content (AvgIpc) is 0.918. The van der Waals surface area contributed by atoms with E-state index >= 15 is 0 Å². The molecule has 2 radical (unpaired) electrons. The second-order valence-corrected chi connectivity index (χ2v) is 0.261. The van der Waals surface area contributed by atoms with Crippen LogP contribution in [0.1, 0.15) is 0 Å². The summed E-state index contributed by atoms with van der Waals surface area (Å²) in [6.07, 6.45) is 0. The van der Waals surface area contributed by atoms with E-state index in [9.17, 15) is 0 Å². The van der Waals surface area contributed by atoms with Gasteiger partial charge in [-0.1, -0.05) is 0 Å². The van der Waals surface area contributed by atoms with Crippen molar-refractivity contribution in [1.29, 1.82) is 0 Å². The van der Waals surface area contributed by atoms with Crippen LogP contribution < -0.4 is 0 Å². The molecule has 0 aliphatic heterocycles. The van der Waals surface area contributed by atoms with E-state index in [4.69, 9.17) is 8.50 Å². The Morgan fingerprint density at radius 1 is 1.20 bits per heavy atom. The first-order chi connectivity index (χ1) is 1.41. The van der Waals surface area contributed by atoms with E-state index in [-0.39, 0.29) is 48.9 Å². The third-order valence-corrected chi connectivity index (χ3v) is 0. The molecule has 0 atom stereocenters. The van der Waals surface area contributed by atoms with Gasteiger partial charge in [0.2, 0.25) is 0 Å². The van der Waals surface area contributed by atoms with Gasteiger partial charge in [0.25, 0.3) is 0 Å². The molecular weight excluding hydrogens is 205 g/mol. The molecule has 2 nitrogen and oxygen atoms in total. The van der Waals surface area contributed by atoms with E-state index in [2.05, 4.69) is 0 Å². The summed E-state index contributed by atoms with van der Waals surface area (Å²) >= 11 is -0.375. The normalized spacial score (nSPS) is 4.40. The maximum absolute atomic E-state index is 7.06. The third-order valence-electron chi connectivity index (χ3n) is 0. The molecule has 40 valence electrons. The molecule has 5 heavy (non-hydrogen) atoms. The van der Waals surface area contributed by atoms with Crippen LogP contribution in [0, 0.1) is 0 Å². The predicted octanol–water partition coefficient (Wildman–Crippen LogP) is -1.12. The Morgan fingerprint density at radius 2 is 1.20 bits per heavy atom. The van der Waals surface area contributed by atoms with E-state index in [1.54, 1.807) is 0 Å². The summed E-state index contributed by atoms with van der Waals surface area (Å²) in [7, 11) is 0. The number of hydrogen-bond acceptors (Lipinski definition) is 2. The standard InChI is InChI=1S/Co.Mn.Ni.2H2O/h;;;2*1H2/q;;+2;;/p-2. The number of hydrogen-bond donors (Lipinski definition) is 2. The van der Waals surface area contributed by atoms with Gasteiger partial charge >= 0.3 is 23.6 Å². The SMILES string of the molecule is [Co].[Mn].[OH][Ni][OH]. The molecule has 0 rings (SSSR count). The van der Waals surface area contributed by atoms with E-state index in [1.807, 2.05) is 0 Å². The van der Waals surface area contributed by atoms with Crippen LogP contribution in [0.3, 0.4) is 0 Å². The van der Waals surface area contributed by atoms with Crippen molar-refractivity contribution in [3.63, 3.8) is 0 Å². The molecule has 0 aromatic rings. The summed E-state index contributed by atoms with van der Waals surface area (Å²) in [4.78, 5) is 0. The van der Waals surface area contributed by atoms with Crippen LogP contribution >= 0.6 is 0 Å². The molecular formula is H2CoMnNiO2. The summed E-state index contributed by atoms with van der Waals surface area (Å²) in [5.74, 6) is 0. The van der Waals surface area contributed by atoms with Crippen LogP contribution in [0.15, 0.2) is 0 Å². The van der Waals surface area contributed by atoms with Crippen molar-refractivity contribution in [2.75, 3.05) is 0 Å². The molecule has 0 heterocycles. The average molecular weight is 207 g/mol. The van der Waals surface area contributed by atoms with Crippen LogP contribution in [-0.4, -0.2) is 8.50 Å². The molecule has 2 N–H and O–H groups in total. The van der Waals surface area contributed by atoms with Gasteiger partial charge in [-0.15, -0.1) is 0 Å². The molecule has 0 aromatic heterocycles. The van der Waals surface area contributed by atoms with Crippen molar-refractivity contribution in [2.24, 2.45) is 0 Å². The third kappa shape index (κ3) is 31.1. The summed E-state index contributed by atoms with van der Waals surface area (Å²) in [6.45, 7) is 0. The molecule has 0 bridgehead atoms. The predicted molar refractivity (Wildman–Crippen MR) is 4.44 cm³/mol. The Hall–Kier alpha value is 1.44. The van der Waals surface area contributed by atoms with Gasteiger partial charge in [-0.2, -0.15) is 0 Å². The zero-order valence-electron chi connectivity index (χ0n) is 1.92. The Kier molecular flexibility index (Phi) is 58.0. The quantitative estimate of drug-likeness (QED) is 0.493. The maximum atomic E-state index is 7.06. The molecule has 0 aliphatic carbocycles. The molecule has 0 unspecified atom stereocenters. The van der Waals surface area contributed by atoms with Crippen molar-refractivity contribution < 1.29 is 57.4 Å². The Bertz CT molecular complexity index is 9.61. The second kappa shape index (κ2) is 18.0. The van der Waals surface area contributed by atoms with Gasteiger partial charge in [0.15, 0.2) is 0 Å². The van der Waals surface area contributed by atoms with Crippen LogP contribution in [0.2, 0.25) is 0 Å². The Balaban J connectivity index is -0.0000000200. The van der Waals surface area contributed by atoms with E-state index in [0.29, 0.717) is 0 Å². The monoisotopic (exact) mass is 206 g/mol. The fourth-order valence-corrected chi connectivity index (χ4v) is 0. The van der Waals surface area contributed by atoms with Crippen molar-refractivity contribution in [3.8, 4) is 0 Å². The summed E-state index contributed by atoms with van der Waals surface area (Å²) in [5.41, 5.74) is 0. The van der Waals surface area contributed by atoms with Crippen LogP contribution in [-0.2, 0) is 48.9 Å². The van der Waals surface area contributed by atoms with Gasteiger partial charge in [-0.3, -0.25) is 0 Å². The fraction of sp³-hybridized carbons (Fsp3) is 0. The van der Waals surface area contributed by atoms with E-state index < -0.39 is 0 Å². The van der Waals surface area contributed by atoms with Gasteiger partial charge in [-0.25, -0.2) is 0 Å². The first-order valence-electron chi connectivity index (χ1n) is 0.283. The second-order valence-electron chi connectivity index (χ2n) is 0.0632. The van der Waals surface area contributed by atoms with Crippen molar-refractivity contribution in [1.82, 2.24) is 0 Å². The molecule has 0 saturated heterocycles. The Labute approximate surface area is 57.4 Å². The molecule has 0 amide bonds. The van der Waals surface area contributed by atoms with Crippen LogP contribution in [0.25, 0.3) is 0 Å². The van der Waals surface area contributed by atoms with Gasteiger partial charge in [0.05, 0.1) is 0 Å². The molecule has 0 fully saturated rings. The fourth-order valence-electron chi connectivity index (χ4n) is 0. The van der Waals surface area contributed by atoms with E-state index in [1.165, 1.54) is 0 Å². The molecule has 0 aliphatic rings. The molecule has 0 spiro atoms. The van der Waals surface area contributed by atoms with Gasteiger partial charge in [0.1, 0.15) is 0 Å². The zero-order chi connectivity index (χ0) is 2.71. The summed E-state index contributed by atoms with van der Waals surface area (Å²) < 4.78 is 14.1. The van der Waals surface area contributed by atoms with Crippen molar-refractivity contribution >= 4 is 0 Å². The zero-order valence-corrected chi connectivity index (χ0v) is 5.13.